The van der Waals surface area contributed by atoms with Gasteiger partial charge in [0.25, 0.3) is 5.91 Å². The van der Waals surface area contributed by atoms with Crippen LogP contribution in [0.2, 0.25) is 0 Å². The van der Waals surface area contributed by atoms with Crippen molar-refractivity contribution in [3.8, 4) is 0 Å². The average Bonchev–Trinajstić information content (AvgIpc) is 2.69. The molecule has 6 nitrogen and oxygen atoms in total. The zero-order valence-electron chi connectivity index (χ0n) is 10.4. The monoisotopic (exact) mass is 237 g/mol. The van der Waals surface area contributed by atoms with E-state index in [9.17, 15) is 4.79 Å². The lowest BCUT2D eigenvalue weighted by molar-refractivity contribution is 0.00578. The van der Waals surface area contributed by atoms with Crippen molar-refractivity contribution in [3.05, 3.63) is 11.9 Å². The van der Waals surface area contributed by atoms with Crippen LogP contribution in [-0.4, -0.2) is 34.4 Å². The lowest BCUT2D eigenvalue weighted by atomic mass is 9.79. The molecule has 1 amide bonds. The Hall–Kier alpha value is -1.34. The molecule has 1 aliphatic rings. The number of amides is 1. The van der Waals surface area contributed by atoms with Gasteiger partial charge in [-0.05, 0) is 27.7 Å². The lowest BCUT2D eigenvalue weighted by Gasteiger charge is -2.32. The maximum Gasteiger partial charge on any atom is 0.498 e. The molecule has 0 bridgehead atoms. The number of hydrogen-bond donors (Lipinski definition) is 2. The van der Waals surface area contributed by atoms with Crippen LogP contribution in [0.4, 0.5) is 0 Å². The van der Waals surface area contributed by atoms with Crippen molar-refractivity contribution in [2.24, 2.45) is 5.73 Å². The first-order chi connectivity index (χ1) is 7.74. The van der Waals surface area contributed by atoms with Crippen molar-refractivity contribution in [2.45, 2.75) is 38.9 Å². The number of nitrogens with two attached hydrogens (primary N) is 1. The van der Waals surface area contributed by atoms with Gasteiger partial charge >= 0.3 is 7.12 Å². The summed E-state index contributed by atoms with van der Waals surface area (Å²) in [6.45, 7) is 7.77. The molecule has 0 aromatic carbocycles. The quantitative estimate of drug-likeness (QED) is 0.697. The predicted molar refractivity (Wildman–Crippen MR) is 62.8 cm³/mol. The van der Waals surface area contributed by atoms with Crippen LogP contribution in [0.3, 0.4) is 0 Å². The van der Waals surface area contributed by atoms with E-state index in [2.05, 4.69) is 10.2 Å². The van der Waals surface area contributed by atoms with Crippen LogP contribution >= 0.6 is 0 Å². The van der Waals surface area contributed by atoms with E-state index in [1.54, 1.807) is 0 Å². The Kier molecular flexibility index (Phi) is 2.55. The van der Waals surface area contributed by atoms with Crippen molar-refractivity contribution in [3.63, 3.8) is 0 Å². The molecule has 1 aromatic rings. The van der Waals surface area contributed by atoms with Gasteiger partial charge in [-0.1, -0.05) is 0 Å². The molecule has 0 radical (unpaired) electrons. The largest absolute Gasteiger partial charge is 0.498 e. The third-order valence-electron chi connectivity index (χ3n) is 3.42. The normalized spacial score (nSPS) is 21.8. The minimum absolute atomic E-state index is 0.225. The highest BCUT2D eigenvalue weighted by molar-refractivity contribution is 6.63. The molecule has 7 heteroatoms. The van der Waals surface area contributed by atoms with Gasteiger partial charge in [0.15, 0.2) is 0 Å². The van der Waals surface area contributed by atoms with Crippen molar-refractivity contribution in [2.75, 3.05) is 0 Å². The highest BCUT2D eigenvalue weighted by atomic mass is 16.7. The summed E-state index contributed by atoms with van der Waals surface area (Å²) in [4.78, 5) is 11.2. The molecule has 2 rings (SSSR count). The predicted octanol–water partition coefficient (Wildman–Crippen LogP) is -0.192. The van der Waals surface area contributed by atoms with E-state index >= 15 is 0 Å². The van der Waals surface area contributed by atoms with Gasteiger partial charge in [0.05, 0.1) is 11.2 Å². The fourth-order valence-corrected chi connectivity index (χ4v) is 1.64. The van der Waals surface area contributed by atoms with Crippen LogP contribution in [0.1, 0.15) is 38.2 Å². The molecule has 0 atom stereocenters. The molecule has 0 spiro atoms. The Labute approximate surface area is 100.0 Å². The maximum atomic E-state index is 11.2. The molecular weight excluding hydrogens is 221 g/mol. The van der Waals surface area contributed by atoms with E-state index in [-0.39, 0.29) is 5.69 Å². The highest BCUT2D eigenvalue weighted by Crippen LogP contribution is 2.36. The Morgan fingerprint density at radius 2 is 1.88 bits per heavy atom. The van der Waals surface area contributed by atoms with E-state index in [1.807, 2.05) is 27.7 Å². The summed E-state index contributed by atoms with van der Waals surface area (Å²) in [6.07, 6.45) is 1.50. The van der Waals surface area contributed by atoms with Crippen molar-refractivity contribution in [1.29, 1.82) is 0 Å². The Morgan fingerprint density at radius 3 is 2.35 bits per heavy atom. The van der Waals surface area contributed by atoms with E-state index in [0.717, 1.165) is 0 Å². The molecule has 2 heterocycles. The van der Waals surface area contributed by atoms with Crippen LogP contribution < -0.4 is 11.2 Å². The number of carbonyl (C=O) groups excluding carboxylic acids is 1. The number of primary amides is 1. The molecule has 0 aliphatic carbocycles. The number of rotatable bonds is 2. The minimum atomic E-state index is -0.624. The molecule has 0 saturated carbocycles. The molecule has 3 N–H and O–H groups in total. The molecule has 92 valence electrons. The number of H-pyrrole nitrogens is 1. The number of nitrogens with zero attached hydrogens (tertiary/aromatic N) is 1. The summed E-state index contributed by atoms with van der Waals surface area (Å²) in [6, 6.07) is 0. The smallest absolute Gasteiger partial charge is 0.399 e. The van der Waals surface area contributed by atoms with Crippen molar-refractivity contribution in [1.82, 2.24) is 10.2 Å². The fraction of sp³-hybridized carbons (Fsp3) is 0.600. The van der Waals surface area contributed by atoms with Gasteiger partial charge < -0.3 is 15.0 Å². The molecule has 1 aliphatic heterocycles. The van der Waals surface area contributed by atoms with Gasteiger partial charge in [-0.15, -0.1) is 0 Å². The minimum Gasteiger partial charge on any atom is -0.399 e. The van der Waals surface area contributed by atoms with Gasteiger partial charge in [-0.2, -0.15) is 5.10 Å². The molecule has 1 fully saturated rings. The van der Waals surface area contributed by atoms with Crippen molar-refractivity contribution < 1.29 is 14.1 Å². The van der Waals surface area contributed by atoms with Gasteiger partial charge in [-0.3, -0.25) is 9.89 Å². The van der Waals surface area contributed by atoms with E-state index < -0.39 is 24.2 Å². The van der Waals surface area contributed by atoms with E-state index in [0.29, 0.717) is 5.46 Å². The fourth-order valence-electron chi connectivity index (χ4n) is 1.64. The van der Waals surface area contributed by atoms with Gasteiger partial charge in [0, 0.05) is 11.7 Å². The number of nitrogens with one attached hydrogen (secondary N) is 1. The Balaban J connectivity index is 2.32. The van der Waals surface area contributed by atoms with Gasteiger partial charge in [0.1, 0.15) is 5.69 Å². The molecule has 17 heavy (non-hydrogen) atoms. The lowest BCUT2D eigenvalue weighted by Crippen LogP contribution is -2.41. The van der Waals surface area contributed by atoms with Gasteiger partial charge in [-0.25, -0.2) is 0 Å². The SMILES string of the molecule is CC1(C)OB(c2cn[nH]c2C(N)=O)OC1(C)C. The van der Waals surface area contributed by atoms with E-state index in [4.69, 9.17) is 15.0 Å². The molecular formula is C10H16BN3O3. The standard InChI is InChI=1S/C10H16BN3O3/c1-9(2)10(3,4)17-11(16-9)6-5-13-14-7(6)8(12)15/h5H,1-4H3,(H2,12,15)(H,13,14). The van der Waals surface area contributed by atoms with Crippen LogP contribution in [-0.2, 0) is 9.31 Å². The first-order valence-corrected chi connectivity index (χ1v) is 5.43. The number of aromatic nitrogens is 2. The molecule has 0 unspecified atom stereocenters. The second-order valence-electron chi connectivity index (χ2n) is 5.15. The summed E-state index contributed by atoms with van der Waals surface area (Å²) in [5, 5.41) is 6.35. The summed E-state index contributed by atoms with van der Waals surface area (Å²) in [5.41, 5.74) is 5.10. The highest BCUT2D eigenvalue weighted by Gasteiger charge is 2.52. The third kappa shape index (κ3) is 1.85. The third-order valence-corrected chi connectivity index (χ3v) is 3.42. The summed E-state index contributed by atoms with van der Waals surface area (Å²) >= 11 is 0. The van der Waals surface area contributed by atoms with Crippen molar-refractivity contribution >= 4 is 18.5 Å². The maximum absolute atomic E-state index is 11.2. The van der Waals surface area contributed by atoms with Crippen LogP contribution in [0, 0.1) is 0 Å². The second-order valence-corrected chi connectivity index (χ2v) is 5.15. The average molecular weight is 237 g/mol. The Morgan fingerprint density at radius 1 is 1.35 bits per heavy atom. The number of carbonyl (C=O) groups is 1. The number of hydrogen-bond acceptors (Lipinski definition) is 4. The topological polar surface area (TPSA) is 90.2 Å². The zero-order chi connectivity index (χ0) is 12.8. The first kappa shape index (κ1) is 12.1. The summed E-state index contributed by atoms with van der Waals surface area (Å²) in [5.74, 6) is -0.577. The van der Waals surface area contributed by atoms with E-state index in [1.165, 1.54) is 6.20 Å². The zero-order valence-corrected chi connectivity index (χ0v) is 10.4. The van der Waals surface area contributed by atoms with Crippen LogP contribution in [0.5, 0.6) is 0 Å². The molecule has 1 saturated heterocycles. The molecule has 1 aromatic heterocycles. The van der Waals surface area contributed by atoms with Crippen LogP contribution in [0.25, 0.3) is 0 Å². The van der Waals surface area contributed by atoms with Gasteiger partial charge in [0.2, 0.25) is 0 Å². The first-order valence-electron chi connectivity index (χ1n) is 5.43. The number of aromatic amines is 1. The summed E-state index contributed by atoms with van der Waals surface area (Å²) < 4.78 is 11.6. The second kappa shape index (κ2) is 3.58. The summed E-state index contributed by atoms with van der Waals surface area (Å²) in [7, 11) is -0.624. The van der Waals surface area contributed by atoms with Crippen LogP contribution in [0.15, 0.2) is 6.20 Å². The Bertz CT molecular complexity index is 439.